The van der Waals surface area contributed by atoms with Crippen molar-refractivity contribution in [2.24, 2.45) is 10.8 Å². The van der Waals surface area contributed by atoms with Crippen LogP contribution in [0.3, 0.4) is 0 Å². The molecule has 0 aliphatic rings. The number of benzene rings is 1. The van der Waals surface area contributed by atoms with Crippen LogP contribution >= 0.6 is 0 Å². The smallest absolute Gasteiger partial charge is 0.309 e. The second-order valence-corrected chi connectivity index (χ2v) is 10.3. The second kappa shape index (κ2) is 12.7. The molecular formula is C26H42O6. The Morgan fingerprint density at radius 1 is 0.625 bits per heavy atom. The van der Waals surface area contributed by atoms with Gasteiger partial charge in [-0.05, 0) is 78.4 Å². The molecule has 0 aliphatic heterocycles. The van der Waals surface area contributed by atoms with Crippen LogP contribution in [0.2, 0.25) is 0 Å². The lowest BCUT2D eigenvalue weighted by molar-refractivity contribution is -0.148. The fourth-order valence-electron chi connectivity index (χ4n) is 3.88. The van der Waals surface area contributed by atoms with E-state index in [1.165, 1.54) is 12.1 Å². The molecule has 6 heteroatoms. The van der Waals surface area contributed by atoms with Crippen LogP contribution in [-0.4, -0.2) is 32.4 Å². The highest BCUT2D eigenvalue weighted by Gasteiger charge is 2.26. The number of carbonyl (C=O) groups is 2. The molecule has 0 saturated heterocycles. The molecule has 4 N–H and O–H groups in total. The molecule has 0 aromatic heterocycles. The largest absolute Gasteiger partial charge is 0.508 e. The van der Waals surface area contributed by atoms with Gasteiger partial charge in [0.15, 0.2) is 0 Å². The topological polar surface area (TPSA) is 115 Å². The number of unbranched alkanes of at least 4 members (excludes halogenated alkanes) is 6. The lowest BCUT2D eigenvalue weighted by Gasteiger charge is -2.18. The first kappa shape index (κ1) is 27.8. The summed E-state index contributed by atoms with van der Waals surface area (Å²) in [5.74, 6) is -1.10. The number of carboxylic acids is 2. The summed E-state index contributed by atoms with van der Waals surface area (Å²) in [5, 5.41) is 39.0. The number of phenolic OH excluding ortho intramolecular Hbond substituents is 2. The van der Waals surface area contributed by atoms with Gasteiger partial charge < -0.3 is 20.4 Å². The third-order valence-corrected chi connectivity index (χ3v) is 6.50. The fourth-order valence-corrected chi connectivity index (χ4v) is 3.88. The molecule has 0 saturated carbocycles. The minimum Gasteiger partial charge on any atom is -0.508 e. The summed E-state index contributed by atoms with van der Waals surface area (Å²) in [6, 6.07) is 3.08. The van der Waals surface area contributed by atoms with Crippen molar-refractivity contribution in [2.45, 2.75) is 105 Å². The van der Waals surface area contributed by atoms with Crippen molar-refractivity contribution >= 4 is 11.9 Å². The average molecular weight is 451 g/mol. The Kier molecular flexibility index (Phi) is 11.0. The van der Waals surface area contributed by atoms with E-state index in [0.717, 1.165) is 62.5 Å². The molecule has 0 unspecified atom stereocenters. The van der Waals surface area contributed by atoms with Crippen LogP contribution in [0.4, 0.5) is 0 Å². The molecule has 6 nitrogen and oxygen atoms in total. The quantitative estimate of drug-likeness (QED) is 0.173. The van der Waals surface area contributed by atoms with Crippen molar-refractivity contribution in [1.29, 1.82) is 0 Å². The molecule has 0 amide bonds. The first-order valence-electron chi connectivity index (χ1n) is 11.9. The van der Waals surface area contributed by atoms with Gasteiger partial charge >= 0.3 is 11.9 Å². The van der Waals surface area contributed by atoms with Crippen molar-refractivity contribution < 1.29 is 30.0 Å². The molecule has 1 aromatic rings. The summed E-state index contributed by atoms with van der Waals surface area (Å²) in [7, 11) is 0. The Balaban J connectivity index is 2.46. The Morgan fingerprint density at radius 2 is 0.938 bits per heavy atom. The lowest BCUT2D eigenvalue weighted by atomic mass is 9.86. The van der Waals surface area contributed by atoms with Crippen LogP contribution in [0.15, 0.2) is 12.1 Å². The zero-order valence-corrected chi connectivity index (χ0v) is 20.2. The average Bonchev–Trinajstić information content (AvgIpc) is 2.70. The third-order valence-electron chi connectivity index (χ3n) is 6.50. The van der Waals surface area contributed by atoms with E-state index >= 15 is 0 Å². The monoisotopic (exact) mass is 450 g/mol. The van der Waals surface area contributed by atoms with Gasteiger partial charge in [-0.2, -0.15) is 0 Å². The minimum absolute atomic E-state index is 0.216. The molecule has 32 heavy (non-hydrogen) atoms. The first-order valence-corrected chi connectivity index (χ1v) is 11.9. The number of hydrogen-bond donors (Lipinski definition) is 4. The van der Waals surface area contributed by atoms with Crippen LogP contribution in [0.5, 0.6) is 11.5 Å². The molecule has 1 rings (SSSR count). The van der Waals surface area contributed by atoms with E-state index in [-0.39, 0.29) is 11.5 Å². The first-order chi connectivity index (χ1) is 14.9. The number of hydrogen-bond acceptors (Lipinski definition) is 4. The predicted octanol–water partition coefficient (Wildman–Crippen LogP) is 6.31. The SMILES string of the molecule is CC(C)(CCCCCCc1c(O)ccc(O)c1CCCCCCC(C)(C)C(=O)O)C(=O)O. The van der Waals surface area contributed by atoms with Gasteiger partial charge in [-0.15, -0.1) is 0 Å². The molecule has 0 spiro atoms. The Labute approximate surface area is 192 Å². The summed E-state index contributed by atoms with van der Waals surface area (Å²) in [6.45, 7) is 7.00. The predicted molar refractivity (Wildman–Crippen MR) is 126 cm³/mol. The van der Waals surface area contributed by atoms with E-state index in [0.29, 0.717) is 25.7 Å². The van der Waals surface area contributed by atoms with Crippen LogP contribution < -0.4 is 0 Å². The third kappa shape index (κ3) is 9.09. The summed E-state index contributed by atoms with van der Waals surface area (Å²) >= 11 is 0. The van der Waals surface area contributed by atoms with Crippen molar-refractivity contribution in [1.82, 2.24) is 0 Å². The Hall–Kier alpha value is -2.24. The van der Waals surface area contributed by atoms with Crippen LogP contribution in [0.25, 0.3) is 0 Å². The van der Waals surface area contributed by atoms with E-state index < -0.39 is 22.8 Å². The van der Waals surface area contributed by atoms with Crippen LogP contribution in [0.1, 0.15) is 103 Å². The number of phenols is 2. The zero-order valence-electron chi connectivity index (χ0n) is 20.2. The molecule has 0 radical (unpaired) electrons. The van der Waals surface area contributed by atoms with Crippen molar-refractivity contribution in [2.75, 3.05) is 0 Å². The highest BCUT2D eigenvalue weighted by molar-refractivity contribution is 5.73. The van der Waals surface area contributed by atoms with Crippen LogP contribution in [0, 0.1) is 10.8 Å². The van der Waals surface area contributed by atoms with Gasteiger partial charge in [0.25, 0.3) is 0 Å². The van der Waals surface area contributed by atoms with Crippen molar-refractivity contribution in [3.63, 3.8) is 0 Å². The molecule has 182 valence electrons. The highest BCUT2D eigenvalue weighted by atomic mass is 16.4. The number of carboxylic acid groups (broad SMARTS) is 2. The molecule has 0 fully saturated rings. The fraction of sp³-hybridized carbons (Fsp3) is 0.692. The van der Waals surface area contributed by atoms with Crippen molar-refractivity contribution in [3.8, 4) is 11.5 Å². The van der Waals surface area contributed by atoms with Gasteiger partial charge in [-0.1, -0.05) is 38.5 Å². The Morgan fingerprint density at radius 3 is 1.25 bits per heavy atom. The summed E-state index contributed by atoms with van der Waals surface area (Å²) in [6.07, 6.45) is 9.92. The van der Waals surface area contributed by atoms with Gasteiger partial charge in [0.2, 0.25) is 0 Å². The summed E-state index contributed by atoms with van der Waals surface area (Å²) in [5.41, 5.74) is 0.228. The maximum absolute atomic E-state index is 11.2. The Bertz CT molecular complexity index is 688. The van der Waals surface area contributed by atoms with Gasteiger partial charge in [0, 0.05) is 11.1 Å². The highest BCUT2D eigenvalue weighted by Crippen LogP contribution is 2.32. The van der Waals surface area contributed by atoms with E-state index in [4.69, 9.17) is 0 Å². The van der Waals surface area contributed by atoms with Gasteiger partial charge in [0.1, 0.15) is 11.5 Å². The van der Waals surface area contributed by atoms with Crippen molar-refractivity contribution in [3.05, 3.63) is 23.3 Å². The second-order valence-electron chi connectivity index (χ2n) is 10.3. The zero-order chi connectivity index (χ0) is 24.4. The maximum atomic E-state index is 11.2. The molecule has 0 bridgehead atoms. The molecular weight excluding hydrogens is 408 g/mol. The maximum Gasteiger partial charge on any atom is 0.309 e. The number of aliphatic carboxylic acids is 2. The number of rotatable bonds is 16. The van der Waals surface area contributed by atoms with E-state index in [1.807, 2.05) is 0 Å². The summed E-state index contributed by atoms with van der Waals surface area (Å²) in [4.78, 5) is 22.3. The minimum atomic E-state index is -0.766. The number of aromatic hydroxyl groups is 2. The van der Waals surface area contributed by atoms with E-state index in [9.17, 15) is 30.0 Å². The van der Waals surface area contributed by atoms with Gasteiger partial charge in [0.05, 0.1) is 10.8 Å². The molecule has 0 atom stereocenters. The lowest BCUT2D eigenvalue weighted by Crippen LogP contribution is -2.23. The van der Waals surface area contributed by atoms with Gasteiger partial charge in [-0.3, -0.25) is 9.59 Å². The van der Waals surface area contributed by atoms with E-state index in [1.54, 1.807) is 27.7 Å². The molecule has 1 aromatic carbocycles. The van der Waals surface area contributed by atoms with Gasteiger partial charge in [-0.25, -0.2) is 0 Å². The standard InChI is InChI=1S/C26H42O6/c1-25(2,23(29)30)17-11-7-5-9-13-19-20(22(28)16-15-21(19)27)14-10-6-8-12-18-26(3,4)24(31)32/h15-16,27-28H,5-14,17-18H2,1-4H3,(H,29,30)(H,31,32). The van der Waals surface area contributed by atoms with E-state index in [2.05, 4.69) is 0 Å². The molecule has 0 heterocycles. The molecule has 0 aliphatic carbocycles. The normalized spacial score (nSPS) is 12.1. The summed E-state index contributed by atoms with van der Waals surface area (Å²) < 4.78 is 0. The van der Waals surface area contributed by atoms with Crippen LogP contribution in [-0.2, 0) is 22.4 Å².